The monoisotopic (exact) mass is 336 g/mol. The number of alkyl halides is 3. The maximum absolute atomic E-state index is 12.8. The highest BCUT2D eigenvalue weighted by molar-refractivity contribution is 9.10. The summed E-state index contributed by atoms with van der Waals surface area (Å²) in [4.78, 5) is 1.98. The van der Waals surface area contributed by atoms with Crippen LogP contribution in [0.1, 0.15) is 19.4 Å². The van der Waals surface area contributed by atoms with Gasteiger partial charge in [0.2, 0.25) is 0 Å². The molecule has 1 aliphatic heterocycles. The Morgan fingerprint density at radius 1 is 1.26 bits per heavy atom. The van der Waals surface area contributed by atoms with Gasteiger partial charge in [-0.15, -0.1) is 0 Å². The van der Waals surface area contributed by atoms with Crippen LogP contribution in [0.15, 0.2) is 22.7 Å². The van der Waals surface area contributed by atoms with E-state index in [1.165, 1.54) is 6.07 Å². The Bertz CT molecular complexity index is 471. The molecule has 0 aromatic heterocycles. The van der Waals surface area contributed by atoms with Crippen molar-refractivity contribution >= 4 is 21.6 Å². The topological polar surface area (TPSA) is 15.3 Å². The van der Waals surface area contributed by atoms with Crippen LogP contribution in [0.3, 0.4) is 0 Å². The number of nitrogens with zero attached hydrogens (tertiary/aromatic N) is 1. The normalized spacial score (nSPS) is 19.6. The molecular weight excluding hydrogens is 321 g/mol. The molecule has 2 rings (SSSR count). The Morgan fingerprint density at radius 2 is 1.95 bits per heavy atom. The lowest BCUT2D eigenvalue weighted by Gasteiger charge is -2.40. The molecule has 1 aromatic carbocycles. The molecule has 1 fully saturated rings. The average Bonchev–Trinajstić information content (AvgIpc) is 2.25. The van der Waals surface area contributed by atoms with Crippen molar-refractivity contribution < 1.29 is 13.2 Å². The van der Waals surface area contributed by atoms with E-state index in [0.29, 0.717) is 23.2 Å². The van der Waals surface area contributed by atoms with Gasteiger partial charge in [0, 0.05) is 35.3 Å². The van der Waals surface area contributed by atoms with Gasteiger partial charge in [0.05, 0.1) is 5.56 Å². The molecule has 0 aliphatic carbocycles. The number of hydrogen-bond donors (Lipinski definition) is 1. The Labute approximate surface area is 119 Å². The quantitative estimate of drug-likeness (QED) is 0.841. The van der Waals surface area contributed by atoms with E-state index in [2.05, 4.69) is 21.2 Å². The third-order valence-corrected chi connectivity index (χ3v) is 3.60. The SMILES string of the molecule is CC1(C)CN(c2cc(Br)cc(C(F)(F)F)c2)CCN1. The lowest BCUT2D eigenvalue weighted by molar-refractivity contribution is -0.137. The van der Waals surface area contributed by atoms with Crippen LogP contribution in [-0.4, -0.2) is 25.2 Å². The van der Waals surface area contributed by atoms with Crippen LogP contribution < -0.4 is 10.2 Å². The third-order valence-electron chi connectivity index (χ3n) is 3.15. The van der Waals surface area contributed by atoms with Crippen LogP contribution in [0.25, 0.3) is 0 Å². The molecule has 2 nitrogen and oxygen atoms in total. The average molecular weight is 337 g/mol. The predicted molar refractivity (Wildman–Crippen MR) is 73.4 cm³/mol. The first-order valence-corrected chi connectivity index (χ1v) is 6.84. The molecule has 1 saturated heterocycles. The summed E-state index contributed by atoms with van der Waals surface area (Å²) in [6.07, 6.45) is -4.32. The molecule has 0 radical (unpaired) electrons. The molecule has 1 heterocycles. The molecule has 0 saturated carbocycles. The first-order chi connectivity index (χ1) is 8.67. The number of benzene rings is 1. The van der Waals surface area contributed by atoms with Gasteiger partial charge in [0.1, 0.15) is 0 Å². The summed E-state index contributed by atoms with van der Waals surface area (Å²) in [6.45, 7) is 6.24. The van der Waals surface area contributed by atoms with E-state index in [-0.39, 0.29) is 5.54 Å². The summed E-state index contributed by atoms with van der Waals surface area (Å²) in [6, 6.07) is 4.06. The van der Waals surface area contributed by atoms with E-state index in [9.17, 15) is 13.2 Å². The van der Waals surface area contributed by atoms with E-state index in [0.717, 1.165) is 12.6 Å². The summed E-state index contributed by atoms with van der Waals surface area (Å²) >= 11 is 3.16. The zero-order chi connectivity index (χ0) is 14.3. The van der Waals surface area contributed by atoms with E-state index in [4.69, 9.17) is 0 Å². The zero-order valence-corrected chi connectivity index (χ0v) is 12.4. The maximum Gasteiger partial charge on any atom is 0.416 e. The highest BCUT2D eigenvalue weighted by Gasteiger charge is 2.32. The van der Waals surface area contributed by atoms with E-state index >= 15 is 0 Å². The summed E-state index contributed by atoms with van der Waals surface area (Å²) in [5, 5.41) is 3.34. The van der Waals surface area contributed by atoms with Crippen LogP contribution in [-0.2, 0) is 6.18 Å². The van der Waals surface area contributed by atoms with Gasteiger partial charge in [0.25, 0.3) is 0 Å². The number of rotatable bonds is 1. The minimum absolute atomic E-state index is 0.0983. The largest absolute Gasteiger partial charge is 0.416 e. The molecule has 106 valence electrons. The standard InChI is InChI=1S/C13H16BrF3N2/c1-12(2)8-19(4-3-18-12)11-6-9(13(15,16)17)5-10(14)7-11/h5-7,18H,3-4,8H2,1-2H3. The van der Waals surface area contributed by atoms with Gasteiger partial charge in [-0.3, -0.25) is 0 Å². The molecule has 0 spiro atoms. The Morgan fingerprint density at radius 3 is 2.53 bits per heavy atom. The Balaban J connectivity index is 2.32. The molecule has 0 atom stereocenters. The number of piperazine rings is 1. The second-order valence-electron chi connectivity index (χ2n) is 5.43. The second-order valence-corrected chi connectivity index (χ2v) is 6.34. The predicted octanol–water partition coefficient (Wildman–Crippen LogP) is 3.66. The minimum atomic E-state index is -4.32. The number of halogens is 4. The van der Waals surface area contributed by atoms with Gasteiger partial charge < -0.3 is 10.2 Å². The van der Waals surface area contributed by atoms with Crippen molar-refractivity contribution in [2.24, 2.45) is 0 Å². The van der Waals surface area contributed by atoms with Gasteiger partial charge in [-0.2, -0.15) is 13.2 Å². The fourth-order valence-corrected chi connectivity index (χ4v) is 2.76. The molecule has 1 aliphatic rings. The molecule has 6 heteroatoms. The van der Waals surface area contributed by atoms with E-state index < -0.39 is 11.7 Å². The molecule has 0 bridgehead atoms. The zero-order valence-electron chi connectivity index (χ0n) is 10.8. The summed E-state index contributed by atoms with van der Waals surface area (Å²) in [7, 11) is 0. The third kappa shape index (κ3) is 3.63. The van der Waals surface area contributed by atoms with Gasteiger partial charge in [0.15, 0.2) is 0 Å². The fraction of sp³-hybridized carbons (Fsp3) is 0.538. The van der Waals surface area contributed by atoms with Crippen LogP contribution in [0.2, 0.25) is 0 Å². The van der Waals surface area contributed by atoms with Crippen LogP contribution >= 0.6 is 15.9 Å². The molecule has 1 N–H and O–H groups in total. The Hall–Kier alpha value is -0.750. The minimum Gasteiger partial charge on any atom is -0.368 e. The lowest BCUT2D eigenvalue weighted by atomic mass is 10.0. The van der Waals surface area contributed by atoms with Gasteiger partial charge in [-0.1, -0.05) is 15.9 Å². The first-order valence-electron chi connectivity index (χ1n) is 6.05. The van der Waals surface area contributed by atoms with Crippen molar-refractivity contribution in [3.8, 4) is 0 Å². The van der Waals surface area contributed by atoms with Gasteiger partial charge in [-0.25, -0.2) is 0 Å². The van der Waals surface area contributed by atoms with Crippen molar-refractivity contribution in [1.82, 2.24) is 5.32 Å². The van der Waals surface area contributed by atoms with Crippen LogP contribution in [0.4, 0.5) is 18.9 Å². The Kier molecular flexibility index (Phi) is 3.84. The highest BCUT2D eigenvalue weighted by atomic mass is 79.9. The van der Waals surface area contributed by atoms with Crippen molar-refractivity contribution in [2.45, 2.75) is 25.6 Å². The number of nitrogens with one attached hydrogen (secondary N) is 1. The number of anilines is 1. The van der Waals surface area contributed by atoms with Crippen molar-refractivity contribution in [2.75, 3.05) is 24.5 Å². The van der Waals surface area contributed by atoms with Crippen molar-refractivity contribution in [3.05, 3.63) is 28.2 Å². The van der Waals surface area contributed by atoms with E-state index in [1.807, 2.05) is 18.7 Å². The summed E-state index contributed by atoms with van der Waals surface area (Å²) in [5.74, 6) is 0. The van der Waals surface area contributed by atoms with Crippen LogP contribution in [0, 0.1) is 0 Å². The lowest BCUT2D eigenvalue weighted by Crippen LogP contribution is -2.57. The van der Waals surface area contributed by atoms with E-state index in [1.54, 1.807) is 6.07 Å². The first kappa shape index (κ1) is 14.7. The summed E-state index contributed by atoms with van der Waals surface area (Å²) < 4.78 is 38.9. The second kappa shape index (κ2) is 4.98. The molecular formula is C13H16BrF3N2. The summed E-state index contributed by atoms with van der Waals surface area (Å²) in [5.41, 5.74) is -0.108. The molecule has 1 aromatic rings. The van der Waals surface area contributed by atoms with Gasteiger partial charge >= 0.3 is 6.18 Å². The molecule has 0 amide bonds. The molecule has 19 heavy (non-hydrogen) atoms. The number of hydrogen-bond acceptors (Lipinski definition) is 2. The maximum atomic E-state index is 12.8. The highest BCUT2D eigenvalue weighted by Crippen LogP contribution is 2.35. The van der Waals surface area contributed by atoms with Crippen molar-refractivity contribution in [1.29, 1.82) is 0 Å². The van der Waals surface area contributed by atoms with Crippen molar-refractivity contribution in [3.63, 3.8) is 0 Å². The van der Waals surface area contributed by atoms with Gasteiger partial charge in [-0.05, 0) is 32.0 Å². The smallest absolute Gasteiger partial charge is 0.368 e. The van der Waals surface area contributed by atoms with Crippen LogP contribution in [0.5, 0.6) is 0 Å². The fourth-order valence-electron chi connectivity index (χ4n) is 2.28. The molecule has 0 unspecified atom stereocenters.